The van der Waals surface area contributed by atoms with E-state index in [0.717, 1.165) is 12.1 Å². The predicted octanol–water partition coefficient (Wildman–Crippen LogP) is 2.24. The van der Waals surface area contributed by atoms with Crippen LogP contribution in [-0.2, 0) is 0 Å². The molecule has 4 nitrogen and oxygen atoms in total. The first-order valence-corrected chi connectivity index (χ1v) is 6.01. The Bertz CT molecular complexity index is 353. The van der Waals surface area contributed by atoms with Crippen molar-refractivity contribution in [3.63, 3.8) is 0 Å². The first-order valence-electron chi connectivity index (χ1n) is 6.01. The molecule has 0 bridgehead atoms. The average molecular weight is 238 g/mol. The van der Waals surface area contributed by atoms with Crippen molar-refractivity contribution in [2.75, 3.05) is 17.6 Å². The number of benzene rings is 1. The summed E-state index contributed by atoms with van der Waals surface area (Å²) in [6, 6.07) is 5.54. The van der Waals surface area contributed by atoms with Gasteiger partial charge in [0.15, 0.2) is 0 Å². The second-order valence-electron chi connectivity index (χ2n) is 4.36. The first-order chi connectivity index (χ1) is 8.02. The van der Waals surface area contributed by atoms with Crippen molar-refractivity contribution < 1.29 is 9.84 Å². The number of aliphatic hydroxyl groups is 1. The van der Waals surface area contributed by atoms with Gasteiger partial charge in [0.1, 0.15) is 5.75 Å². The summed E-state index contributed by atoms with van der Waals surface area (Å²) >= 11 is 0. The molecule has 0 heterocycles. The minimum absolute atomic E-state index is 0.0915. The highest BCUT2D eigenvalue weighted by Gasteiger charge is 2.05. The highest BCUT2D eigenvalue weighted by molar-refractivity contribution is 5.61. The summed E-state index contributed by atoms with van der Waals surface area (Å²) < 4.78 is 5.59. The summed E-state index contributed by atoms with van der Waals surface area (Å²) in [7, 11) is 0. The van der Waals surface area contributed by atoms with Crippen LogP contribution in [0.2, 0.25) is 0 Å². The molecular formula is C13H22N2O2. The lowest BCUT2D eigenvalue weighted by Crippen LogP contribution is -2.18. The Balaban J connectivity index is 2.67. The van der Waals surface area contributed by atoms with Crippen molar-refractivity contribution in [2.45, 2.75) is 39.4 Å². The Morgan fingerprint density at radius 1 is 1.41 bits per heavy atom. The van der Waals surface area contributed by atoms with E-state index in [1.807, 2.05) is 32.9 Å². The zero-order valence-electron chi connectivity index (χ0n) is 10.7. The average Bonchev–Trinajstić information content (AvgIpc) is 2.29. The van der Waals surface area contributed by atoms with E-state index >= 15 is 0 Å². The van der Waals surface area contributed by atoms with E-state index < -0.39 is 0 Å². The quantitative estimate of drug-likeness (QED) is 0.665. The number of hydrogen-bond acceptors (Lipinski definition) is 4. The number of nitrogens with one attached hydrogen (secondary N) is 1. The maximum atomic E-state index is 9.47. The highest BCUT2D eigenvalue weighted by Crippen LogP contribution is 2.26. The Labute approximate surface area is 103 Å². The van der Waals surface area contributed by atoms with Gasteiger partial charge in [0.05, 0.1) is 17.9 Å². The molecule has 4 N–H and O–H groups in total. The van der Waals surface area contributed by atoms with Crippen LogP contribution in [0.4, 0.5) is 11.4 Å². The number of anilines is 2. The largest absolute Gasteiger partial charge is 0.489 e. The van der Waals surface area contributed by atoms with Gasteiger partial charge in [-0.15, -0.1) is 0 Å². The Morgan fingerprint density at radius 3 is 2.71 bits per heavy atom. The minimum Gasteiger partial charge on any atom is -0.489 e. The van der Waals surface area contributed by atoms with Gasteiger partial charge in [-0.2, -0.15) is 0 Å². The molecule has 0 aliphatic heterocycles. The minimum atomic E-state index is -0.331. The molecule has 0 saturated carbocycles. The fraction of sp³-hybridized carbons (Fsp3) is 0.538. The molecule has 0 aliphatic rings. The molecular weight excluding hydrogens is 216 g/mol. The molecule has 0 aromatic heterocycles. The van der Waals surface area contributed by atoms with Crippen molar-refractivity contribution in [1.82, 2.24) is 0 Å². The second-order valence-corrected chi connectivity index (χ2v) is 4.36. The van der Waals surface area contributed by atoms with Crippen LogP contribution in [0.1, 0.15) is 27.2 Å². The Morgan fingerprint density at radius 2 is 2.12 bits per heavy atom. The number of nitrogen functional groups attached to an aromatic ring is 1. The van der Waals surface area contributed by atoms with Crippen LogP contribution in [0, 0.1) is 0 Å². The SMILES string of the molecule is CCC(O)CNc1ccc(N)c(OC(C)C)c1. The van der Waals surface area contributed by atoms with Gasteiger partial charge in [-0.3, -0.25) is 0 Å². The summed E-state index contributed by atoms with van der Waals surface area (Å²) in [5, 5.41) is 12.6. The van der Waals surface area contributed by atoms with Crippen molar-refractivity contribution >= 4 is 11.4 Å². The number of aliphatic hydroxyl groups excluding tert-OH is 1. The Hall–Kier alpha value is -1.42. The van der Waals surface area contributed by atoms with Gasteiger partial charge in [0.2, 0.25) is 0 Å². The lowest BCUT2D eigenvalue weighted by Gasteiger charge is -2.15. The molecule has 0 aliphatic carbocycles. The second kappa shape index (κ2) is 6.35. The van der Waals surface area contributed by atoms with E-state index in [2.05, 4.69) is 5.32 Å². The van der Waals surface area contributed by atoms with Gasteiger partial charge in [-0.05, 0) is 32.4 Å². The van der Waals surface area contributed by atoms with E-state index in [9.17, 15) is 5.11 Å². The van der Waals surface area contributed by atoms with Crippen LogP contribution in [0.5, 0.6) is 5.75 Å². The fourth-order valence-corrected chi connectivity index (χ4v) is 1.38. The molecule has 17 heavy (non-hydrogen) atoms. The molecule has 0 amide bonds. The van der Waals surface area contributed by atoms with Crippen LogP contribution in [0.25, 0.3) is 0 Å². The standard InChI is InChI=1S/C13H22N2O2/c1-4-11(16)8-15-10-5-6-12(14)13(7-10)17-9(2)3/h5-7,9,11,15-16H,4,8,14H2,1-3H3. The van der Waals surface area contributed by atoms with E-state index in [-0.39, 0.29) is 12.2 Å². The van der Waals surface area contributed by atoms with Gasteiger partial charge in [0.25, 0.3) is 0 Å². The highest BCUT2D eigenvalue weighted by atomic mass is 16.5. The molecule has 0 spiro atoms. The van der Waals surface area contributed by atoms with E-state index in [1.165, 1.54) is 0 Å². The van der Waals surface area contributed by atoms with Gasteiger partial charge in [-0.25, -0.2) is 0 Å². The van der Waals surface area contributed by atoms with Gasteiger partial charge < -0.3 is 20.9 Å². The molecule has 1 aromatic rings. The maximum absolute atomic E-state index is 9.47. The molecule has 1 aromatic carbocycles. The van der Waals surface area contributed by atoms with Crippen LogP contribution in [0.15, 0.2) is 18.2 Å². The van der Waals surface area contributed by atoms with Gasteiger partial charge >= 0.3 is 0 Å². The number of hydrogen-bond donors (Lipinski definition) is 3. The van der Waals surface area contributed by atoms with Crippen LogP contribution in [-0.4, -0.2) is 23.9 Å². The third-order valence-electron chi connectivity index (χ3n) is 2.39. The summed E-state index contributed by atoms with van der Waals surface area (Å²) in [6.07, 6.45) is 0.493. The summed E-state index contributed by atoms with van der Waals surface area (Å²) in [4.78, 5) is 0. The van der Waals surface area contributed by atoms with Crippen molar-refractivity contribution in [3.05, 3.63) is 18.2 Å². The van der Waals surface area contributed by atoms with Crippen molar-refractivity contribution in [2.24, 2.45) is 0 Å². The van der Waals surface area contributed by atoms with Crippen molar-refractivity contribution in [3.8, 4) is 5.75 Å². The number of rotatable bonds is 6. The maximum Gasteiger partial charge on any atom is 0.144 e. The normalized spacial score (nSPS) is 12.5. The molecule has 0 saturated heterocycles. The lowest BCUT2D eigenvalue weighted by molar-refractivity contribution is 0.183. The molecule has 1 rings (SSSR count). The zero-order valence-corrected chi connectivity index (χ0v) is 10.7. The van der Waals surface area contributed by atoms with E-state index in [0.29, 0.717) is 18.0 Å². The molecule has 96 valence electrons. The van der Waals surface area contributed by atoms with Crippen LogP contribution < -0.4 is 15.8 Å². The third-order valence-corrected chi connectivity index (χ3v) is 2.39. The van der Waals surface area contributed by atoms with Crippen LogP contribution >= 0.6 is 0 Å². The summed E-state index contributed by atoms with van der Waals surface area (Å²) in [5.41, 5.74) is 7.35. The van der Waals surface area contributed by atoms with Gasteiger partial charge in [-0.1, -0.05) is 6.92 Å². The molecule has 0 fully saturated rings. The first kappa shape index (κ1) is 13.6. The molecule has 4 heteroatoms. The summed E-state index contributed by atoms with van der Waals surface area (Å²) in [5.74, 6) is 0.677. The Kier molecular flexibility index (Phi) is 5.10. The smallest absolute Gasteiger partial charge is 0.144 e. The monoisotopic (exact) mass is 238 g/mol. The lowest BCUT2D eigenvalue weighted by atomic mass is 10.2. The molecule has 1 atom stereocenters. The number of ether oxygens (including phenoxy) is 1. The number of nitrogens with two attached hydrogens (primary N) is 1. The predicted molar refractivity (Wildman–Crippen MR) is 71.4 cm³/mol. The van der Waals surface area contributed by atoms with E-state index in [1.54, 1.807) is 6.07 Å². The molecule has 0 radical (unpaired) electrons. The summed E-state index contributed by atoms with van der Waals surface area (Å²) in [6.45, 7) is 6.39. The third kappa shape index (κ3) is 4.53. The zero-order chi connectivity index (χ0) is 12.8. The fourth-order valence-electron chi connectivity index (χ4n) is 1.38. The van der Waals surface area contributed by atoms with Gasteiger partial charge in [0, 0.05) is 18.3 Å². The van der Waals surface area contributed by atoms with E-state index in [4.69, 9.17) is 10.5 Å². The van der Waals surface area contributed by atoms with Crippen molar-refractivity contribution in [1.29, 1.82) is 0 Å². The van der Waals surface area contributed by atoms with Crippen LogP contribution in [0.3, 0.4) is 0 Å². The topological polar surface area (TPSA) is 67.5 Å². The molecule has 1 unspecified atom stereocenters.